The van der Waals surface area contributed by atoms with E-state index in [1.165, 1.54) is 11.8 Å². The van der Waals surface area contributed by atoms with E-state index < -0.39 is 24.2 Å². The molecule has 174 valence electrons. The van der Waals surface area contributed by atoms with Crippen LogP contribution < -0.4 is 5.32 Å². The van der Waals surface area contributed by atoms with Crippen LogP contribution in [0.2, 0.25) is 0 Å². The van der Waals surface area contributed by atoms with Crippen LogP contribution in [-0.4, -0.2) is 33.5 Å². The first-order valence-electron chi connectivity index (χ1n) is 11.6. The van der Waals surface area contributed by atoms with E-state index in [4.69, 9.17) is 0 Å². The zero-order valence-corrected chi connectivity index (χ0v) is 18.6. The molecule has 1 aliphatic rings. The molecule has 0 radical (unpaired) electrons. The summed E-state index contributed by atoms with van der Waals surface area (Å²) in [6.45, 7) is 0.917. The number of nitrogens with one attached hydrogen (secondary N) is 1. The number of para-hydroxylation sites is 1. The predicted molar refractivity (Wildman–Crippen MR) is 125 cm³/mol. The molecule has 2 aromatic heterocycles. The first-order chi connectivity index (χ1) is 15.9. The summed E-state index contributed by atoms with van der Waals surface area (Å²) in [5.74, 6) is -3.90. The summed E-state index contributed by atoms with van der Waals surface area (Å²) in [5, 5.41) is 13.4. The van der Waals surface area contributed by atoms with Crippen molar-refractivity contribution in [1.82, 2.24) is 9.97 Å². The number of aryl methyl sites for hydroxylation is 2. The average molecular weight is 454 g/mol. The van der Waals surface area contributed by atoms with Crippen LogP contribution in [0.1, 0.15) is 61.3 Å². The van der Waals surface area contributed by atoms with Gasteiger partial charge in [-0.2, -0.15) is 0 Å². The van der Waals surface area contributed by atoms with E-state index in [1.807, 2.05) is 30.3 Å². The number of alkyl halides is 2. The number of benzene rings is 1. The van der Waals surface area contributed by atoms with Crippen LogP contribution in [0.3, 0.4) is 0 Å². The van der Waals surface area contributed by atoms with E-state index in [9.17, 15) is 18.7 Å². The summed E-state index contributed by atoms with van der Waals surface area (Å²) < 4.78 is 29.7. The number of anilines is 1. The highest BCUT2D eigenvalue weighted by Crippen LogP contribution is 2.36. The minimum atomic E-state index is -2.95. The van der Waals surface area contributed by atoms with E-state index in [2.05, 4.69) is 21.4 Å². The lowest BCUT2D eigenvalue weighted by Gasteiger charge is -2.23. The molecule has 0 saturated heterocycles. The van der Waals surface area contributed by atoms with Crippen molar-refractivity contribution in [3.63, 3.8) is 0 Å². The Morgan fingerprint density at radius 2 is 2.03 bits per heavy atom. The number of fused-ring (bicyclic) bond motifs is 2. The topological polar surface area (TPSA) is 75.1 Å². The normalized spacial score (nSPS) is 14.5. The van der Waals surface area contributed by atoms with E-state index in [0.717, 1.165) is 41.8 Å². The average Bonchev–Trinajstić information content (AvgIpc) is 2.80. The number of pyridine rings is 2. The number of hydrogen-bond acceptors (Lipinski definition) is 4. The third-order valence-electron chi connectivity index (χ3n) is 6.23. The van der Waals surface area contributed by atoms with Crippen molar-refractivity contribution in [3.8, 4) is 0 Å². The molecule has 0 unspecified atom stereocenters. The van der Waals surface area contributed by atoms with Gasteiger partial charge in [0.1, 0.15) is 5.82 Å². The Morgan fingerprint density at radius 1 is 1.18 bits per heavy atom. The second-order valence-corrected chi connectivity index (χ2v) is 8.86. The summed E-state index contributed by atoms with van der Waals surface area (Å²) in [6, 6.07) is 13.2. The van der Waals surface area contributed by atoms with Gasteiger partial charge in [0.25, 0.3) is 0 Å². The molecule has 0 saturated carbocycles. The van der Waals surface area contributed by atoms with E-state index >= 15 is 0 Å². The SMILES string of the molecule is O=C(O)C[C@H](CC(F)(F)CCCCc1ccc2c(n1)NCCC2)c1cnc2ccccc2c1. The van der Waals surface area contributed by atoms with Gasteiger partial charge in [0.2, 0.25) is 5.92 Å². The molecule has 0 spiro atoms. The molecule has 0 fully saturated rings. The monoisotopic (exact) mass is 453 g/mol. The Morgan fingerprint density at radius 3 is 2.88 bits per heavy atom. The van der Waals surface area contributed by atoms with Gasteiger partial charge in [-0.3, -0.25) is 9.78 Å². The Hall–Kier alpha value is -3.09. The summed E-state index contributed by atoms with van der Waals surface area (Å²) in [6.07, 6.45) is 4.15. The number of carboxylic acid groups (broad SMARTS) is 1. The fourth-order valence-electron chi connectivity index (χ4n) is 4.49. The van der Waals surface area contributed by atoms with E-state index in [1.54, 1.807) is 6.07 Å². The smallest absolute Gasteiger partial charge is 0.303 e. The molecule has 2 N–H and O–H groups in total. The molecule has 7 heteroatoms. The minimum absolute atomic E-state index is 0.271. The van der Waals surface area contributed by atoms with E-state index in [-0.39, 0.29) is 12.8 Å². The molecule has 1 atom stereocenters. The summed E-state index contributed by atoms with van der Waals surface area (Å²) in [5.41, 5.74) is 3.43. The maximum Gasteiger partial charge on any atom is 0.303 e. The van der Waals surface area contributed by atoms with Crippen LogP contribution >= 0.6 is 0 Å². The van der Waals surface area contributed by atoms with Crippen molar-refractivity contribution in [3.05, 3.63) is 65.5 Å². The molecule has 3 aromatic rings. The van der Waals surface area contributed by atoms with Gasteiger partial charge < -0.3 is 10.4 Å². The second kappa shape index (κ2) is 10.2. The molecule has 33 heavy (non-hydrogen) atoms. The maximum atomic E-state index is 14.8. The lowest BCUT2D eigenvalue weighted by Crippen LogP contribution is -2.22. The first kappa shape index (κ1) is 23.1. The zero-order chi connectivity index (χ0) is 23.3. The largest absolute Gasteiger partial charge is 0.481 e. The molecule has 0 aliphatic carbocycles. The molecule has 0 bridgehead atoms. The number of carboxylic acids is 1. The van der Waals surface area contributed by atoms with Crippen LogP contribution in [0, 0.1) is 0 Å². The Labute approximate surface area is 192 Å². The number of aromatic nitrogens is 2. The lowest BCUT2D eigenvalue weighted by atomic mass is 9.88. The zero-order valence-electron chi connectivity index (χ0n) is 18.6. The number of nitrogens with zero attached hydrogens (tertiary/aromatic N) is 2. The van der Waals surface area contributed by atoms with Crippen molar-refractivity contribution in [1.29, 1.82) is 0 Å². The van der Waals surface area contributed by atoms with Gasteiger partial charge in [-0.1, -0.05) is 24.3 Å². The molecular formula is C26H29F2N3O2. The third kappa shape index (κ3) is 6.24. The molecule has 1 aromatic carbocycles. The van der Waals surface area contributed by atoms with Gasteiger partial charge in [-0.05, 0) is 61.4 Å². The van der Waals surface area contributed by atoms with Crippen molar-refractivity contribution in [2.75, 3.05) is 11.9 Å². The van der Waals surface area contributed by atoms with Crippen LogP contribution in [-0.2, 0) is 17.6 Å². The number of rotatable bonds is 10. The number of hydrogen-bond donors (Lipinski definition) is 2. The second-order valence-electron chi connectivity index (χ2n) is 8.86. The first-order valence-corrected chi connectivity index (χ1v) is 11.6. The lowest BCUT2D eigenvalue weighted by molar-refractivity contribution is -0.138. The van der Waals surface area contributed by atoms with Gasteiger partial charge in [-0.25, -0.2) is 13.8 Å². The van der Waals surface area contributed by atoms with Crippen molar-refractivity contribution in [2.45, 2.75) is 63.2 Å². The predicted octanol–water partition coefficient (Wildman–Crippen LogP) is 5.98. The van der Waals surface area contributed by atoms with Crippen LogP contribution in [0.15, 0.2) is 48.7 Å². The highest BCUT2D eigenvalue weighted by Gasteiger charge is 2.34. The molecule has 1 aliphatic heterocycles. The number of unbranched alkanes of at least 4 members (excludes halogenated alkanes) is 1. The number of carbonyl (C=O) groups is 1. The Kier molecular flexibility index (Phi) is 7.16. The quantitative estimate of drug-likeness (QED) is 0.369. The van der Waals surface area contributed by atoms with Gasteiger partial charge in [0.05, 0.1) is 11.9 Å². The van der Waals surface area contributed by atoms with Crippen molar-refractivity contribution < 1.29 is 18.7 Å². The molecule has 5 nitrogen and oxygen atoms in total. The van der Waals surface area contributed by atoms with Gasteiger partial charge >= 0.3 is 5.97 Å². The third-order valence-corrected chi connectivity index (χ3v) is 6.23. The fourth-order valence-corrected chi connectivity index (χ4v) is 4.49. The van der Waals surface area contributed by atoms with Gasteiger partial charge in [0, 0.05) is 42.6 Å². The number of aliphatic carboxylic acids is 1. The maximum absolute atomic E-state index is 14.8. The fraction of sp³-hybridized carbons (Fsp3) is 0.423. The van der Waals surface area contributed by atoms with Crippen LogP contribution in [0.5, 0.6) is 0 Å². The highest BCUT2D eigenvalue weighted by molar-refractivity contribution is 5.79. The van der Waals surface area contributed by atoms with Crippen molar-refractivity contribution in [2.24, 2.45) is 0 Å². The summed E-state index contributed by atoms with van der Waals surface area (Å²) >= 11 is 0. The Balaban J connectivity index is 1.35. The Bertz CT molecular complexity index is 1120. The minimum Gasteiger partial charge on any atom is -0.481 e. The van der Waals surface area contributed by atoms with E-state index in [0.29, 0.717) is 24.8 Å². The summed E-state index contributed by atoms with van der Waals surface area (Å²) in [4.78, 5) is 20.3. The molecular weight excluding hydrogens is 424 g/mol. The van der Waals surface area contributed by atoms with Crippen LogP contribution in [0.4, 0.5) is 14.6 Å². The standard InChI is InChI=1S/C26H29F2N3O2/c27-26(28,12-4-3-8-22-11-10-18-7-5-13-29-25(18)31-22)16-20(15-24(32)33)21-14-19-6-1-2-9-23(19)30-17-21/h1-2,6,9-11,14,17,20H,3-5,7-8,12-13,15-16H2,(H,29,31)(H,32,33)/t20-/m1/s1. The molecule has 0 amide bonds. The van der Waals surface area contributed by atoms with Crippen molar-refractivity contribution >= 4 is 22.7 Å². The number of halogens is 2. The van der Waals surface area contributed by atoms with Crippen LogP contribution in [0.25, 0.3) is 10.9 Å². The highest BCUT2D eigenvalue weighted by atomic mass is 19.3. The van der Waals surface area contributed by atoms with Gasteiger partial charge in [-0.15, -0.1) is 0 Å². The molecule has 4 rings (SSSR count). The molecule has 3 heterocycles. The van der Waals surface area contributed by atoms with Gasteiger partial charge in [0.15, 0.2) is 0 Å². The summed E-state index contributed by atoms with van der Waals surface area (Å²) in [7, 11) is 0.